The van der Waals surface area contributed by atoms with Gasteiger partial charge < -0.3 is 14.6 Å². The van der Waals surface area contributed by atoms with E-state index in [0.717, 1.165) is 18.4 Å². The number of likely N-dealkylation sites (tertiary alicyclic amines) is 1. The van der Waals surface area contributed by atoms with Gasteiger partial charge in [0.2, 0.25) is 0 Å². The van der Waals surface area contributed by atoms with Crippen molar-refractivity contribution in [3.63, 3.8) is 0 Å². The SMILES string of the molecule is CCOC(=O)[C@@H]1CCCN(C(=O)c2[nH]c3ccc(Cl)cc3c2Cl)C1. The molecule has 0 aliphatic carbocycles. The number of ether oxygens (including phenoxy) is 1. The summed E-state index contributed by atoms with van der Waals surface area (Å²) in [4.78, 5) is 29.5. The second-order valence-corrected chi connectivity index (χ2v) is 6.66. The highest BCUT2D eigenvalue weighted by atomic mass is 35.5. The molecule has 3 rings (SSSR count). The van der Waals surface area contributed by atoms with E-state index in [9.17, 15) is 9.59 Å². The Morgan fingerprint density at radius 1 is 1.38 bits per heavy atom. The Bertz CT molecular complexity index is 787. The highest BCUT2D eigenvalue weighted by Gasteiger charge is 2.31. The third kappa shape index (κ3) is 3.23. The Morgan fingerprint density at radius 3 is 2.92 bits per heavy atom. The molecule has 0 bridgehead atoms. The van der Waals surface area contributed by atoms with Crippen LogP contribution in [0.3, 0.4) is 0 Å². The molecule has 1 aliphatic heterocycles. The lowest BCUT2D eigenvalue weighted by Crippen LogP contribution is -2.43. The number of esters is 1. The third-order valence-electron chi connectivity index (χ3n) is 4.24. The first-order chi connectivity index (χ1) is 11.5. The van der Waals surface area contributed by atoms with Crippen LogP contribution in [0.25, 0.3) is 10.9 Å². The van der Waals surface area contributed by atoms with Gasteiger partial charge in [-0.15, -0.1) is 0 Å². The minimum Gasteiger partial charge on any atom is -0.466 e. The van der Waals surface area contributed by atoms with Crippen LogP contribution in [0.2, 0.25) is 10.0 Å². The first-order valence-electron chi connectivity index (χ1n) is 7.94. The number of nitrogens with zero attached hydrogens (tertiary/aromatic N) is 1. The van der Waals surface area contributed by atoms with Crippen LogP contribution in [0.15, 0.2) is 18.2 Å². The maximum atomic E-state index is 12.8. The van der Waals surface area contributed by atoms with Crippen LogP contribution in [-0.2, 0) is 9.53 Å². The summed E-state index contributed by atoms with van der Waals surface area (Å²) in [5, 5.41) is 1.63. The average molecular weight is 369 g/mol. The van der Waals surface area contributed by atoms with Gasteiger partial charge in [-0.2, -0.15) is 0 Å². The molecule has 0 spiro atoms. The van der Waals surface area contributed by atoms with Crippen LogP contribution in [0.1, 0.15) is 30.3 Å². The topological polar surface area (TPSA) is 62.4 Å². The summed E-state index contributed by atoms with van der Waals surface area (Å²) in [5.41, 5.74) is 1.09. The number of aromatic amines is 1. The van der Waals surface area contributed by atoms with E-state index in [1.165, 1.54) is 0 Å². The summed E-state index contributed by atoms with van der Waals surface area (Å²) in [6.07, 6.45) is 1.50. The van der Waals surface area contributed by atoms with Crippen LogP contribution in [-0.4, -0.2) is 41.5 Å². The van der Waals surface area contributed by atoms with Crippen molar-refractivity contribution < 1.29 is 14.3 Å². The number of hydrogen-bond donors (Lipinski definition) is 1. The zero-order chi connectivity index (χ0) is 17.3. The summed E-state index contributed by atoms with van der Waals surface area (Å²) < 4.78 is 5.07. The molecule has 1 fully saturated rings. The zero-order valence-electron chi connectivity index (χ0n) is 13.3. The molecule has 5 nitrogen and oxygen atoms in total. The first-order valence-corrected chi connectivity index (χ1v) is 8.69. The van der Waals surface area contributed by atoms with Gasteiger partial charge in [0.05, 0.1) is 17.5 Å². The molecule has 1 N–H and O–H groups in total. The number of H-pyrrole nitrogens is 1. The number of amides is 1. The number of halogens is 2. The second kappa shape index (κ2) is 7.03. The average Bonchev–Trinajstić information content (AvgIpc) is 2.91. The fraction of sp³-hybridized carbons (Fsp3) is 0.412. The maximum absolute atomic E-state index is 12.8. The van der Waals surface area contributed by atoms with Gasteiger partial charge in [0.25, 0.3) is 5.91 Å². The fourth-order valence-corrected chi connectivity index (χ4v) is 3.51. The van der Waals surface area contributed by atoms with Gasteiger partial charge in [0.1, 0.15) is 5.69 Å². The van der Waals surface area contributed by atoms with E-state index in [4.69, 9.17) is 27.9 Å². The molecule has 2 heterocycles. The Hall–Kier alpha value is -1.72. The molecule has 24 heavy (non-hydrogen) atoms. The molecule has 1 amide bonds. The number of nitrogens with one attached hydrogen (secondary N) is 1. The molecule has 1 aliphatic rings. The van der Waals surface area contributed by atoms with E-state index in [-0.39, 0.29) is 17.8 Å². The minimum absolute atomic E-state index is 0.207. The fourth-order valence-electron chi connectivity index (χ4n) is 3.05. The van der Waals surface area contributed by atoms with Gasteiger partial charge in [0, 0.05) is 29.0 Å². The van der Waals surface area contributed by atoms with Gasteiger partial charge in [-0.05, 0) is 38.0 Å². The van der Waals surface area contributed by atoms with Crippen molar-refractivity contribution in [2.45, 2.75) is 19.8 Å². The number of fused-ring (bicyclic) bond motifs is 1. The molecule has 0 unspecified atom stereocenters. The first kappa shape index (κ1) is 17.1. The van der Waals surface area contributed by atoms with Gasteiger partial charge in [-0.1, -0.05) is 23.2 Å². The maximum Gasteiger partial charge on any atom is 0.310 e. The molecule has 0 radical (unpaired) electrons. The lowest BCUT2D eigenvalue weighted by atomic mass is 9.98. The van der Waals surface area contributed by atoms with E-state index in [1.807, 2.05) is 0 Å². The number of rotatable bonds is 3. The summed E-state index contributed by atoms with van der Waals surface area (Å²) in [6, 6.07) is 5.25. The summed E-state index contributed by atoms with van der Waals surface area (Å²) in [7, 11) is 0. The van der Waals surface area contributed by atoms with Gasteiger partial charge in [-0.25, -0.2) is 0 Å². The monoisotopic (exact) mass is 368 g/mol. The van der Waals surface area contributed by atoms with Gasteiger partial charge >= 0.3 is 5.97 Å². The molecule has 128 valence electrons. The normalized spacial score (nSPS) is 18.0. The Kier molecular flexibility index (Phi) is 5.01. The van der Waals surface area contributed by atoms with Crippen molar-refractivity contribution in [3.05, 3.63) is 33.9 Å². The summed E-state index contributed by atoms with van der Waals surface area (Å²) in [5.74, 6) is -0.730. The van der Waals surface area contributed by atoms with E-state index in [1.54, 1.807) is 30.0 Å². The number of hydrogen-bond acceptors (Lipinski definition) is 3. The van der Waals surface area contributed by atoms with Crippen LogP contribution in [0.5, 0.6) is 0 Å². The largest absolute Gasteiger partial charge is 0.466 e. The van der Waals surface area contributed by atoms with Crippen LogP contribution in [0.4, 0.5) is 0 Å². The molecule has 2 aromatic rings. The van der Waals surface area contributed by atoms with Crippen molar-refractivity contribution in [1.82, 2.24) is 9.88 Å². The number of piperidine rings is 1. The highest BCUT2D eigenvalue weighted by Crippen LogP contribution is 2.31. The molecular formula is C17H18Cl2N2O3. The zero-order valence-corrected chi connectivity index (χ0v) is 14.8. The summed E-state index contributed by atoms with van der Waals surface area (Å²) in [6.45, 7) is 3.07. The smallest absolute Gasteiger partial charge is 0.310 e. The third-order valence-corrected chi connectivity index (χ3v) is 4.87. The molecule has 1 saturated heterocycles. The molecule has 1 aromatic heterocycles. The molecule has 7 heteroatoms. The molecule has 1 atom stereocenters. The standard InChI is InChI=1S/C17H18Cl2N2O3/c1-2-24-17(23)10-4-3-7-21(9-10)16(22)15-14(19)12-8-11(18)5-6-13(12)20-15/h5-6,8,10,20H,2-4,7,9H2,1H3/t10-/m1/s1. The van der Waals surface area contributed by atoms with Crippen molar-refractivity contribution >= 4 is 46.0 Å². The van der Waals surface area contributed by atoms with Crippen molar-refractivity contribution in [2.24, 2.45) is 5.92 Å². The van der Waals surface area contributed by atoms with Gasteiger partial charge in [0.15, 0.2) is 0 Å². The number of benzene rings is 1. The van der Waals surface area contributed by atoms with E-state index in [0.29, 0.717) is 40.8 Å². The molecule has 1 aromatic carbocycles. The number of aromatic nitrogens is 1. The molecular weight excluding hydrogens is 351 g/mol. The highest BCUT2D eigenvalue weighted by molar-refractivity contribution is 6.39. The predicted octanol–water partition coefficient (Wildman–Crippen LogP) is 3.89. The van der Waals surface area contributed by atoms with E-state index >= 15 is 0 Å². The van der Waals surface area contributed by atoms with Crippen molar-refractivity contribution in [1.29, 1.82) is 0 Å². The lowest BCUT2D eigenvalue weighted by Gasteiger charge is -2.31. The van der Waals surface area contributed by atoms with Gasteiger partial charge in [-0.3, -0.25) is 9.59 Å². The Balaban J connectivity index is 1.83. The number of carbonyl (C=O) groups excluding carboxylic acids is 2. The summed E-state index contributed by atoms with van der Waals surface area (Å²) >= 11 is 12.4. The number of carbonyl (C=O) groups is 2. The van der Waals surface area contributed by atoms with E-state index < -0.39 is 0 Å². The minimum atomic E-state index is -0.278. The Morgan fingerprint density at radius 2 is 2.17 bits per heavy atom. The van der Waals surface area contributed by atoms with Crippen molar-refractivity contribution in [2.75, 3.05) is 19.7 Å². The van der Waals surface area contributed by atoms with Crippen LogP contribution >= 0.6 is 23.2 Å². The Labute approximate surface area is 149 Å². The predicted molar refractivity (Wildman–Crippen MR) is 93.6 cm³/mol. The lowest BCUT2D eigenvalue weighted by molar-refractivity contribution is -0.149. The van der Waals surface area contributed by atoms with Crippen molar-refractivity contribution in [3.8, 4) is 0 Å². The second-order valence-electron chi connectivity index (χ2n) is 5.85. The quantitative estimate of drug-likeness (QED) is 0.835. The molecule has 0 saturated carbocycles. The van der Waals surface area contributed by atoms with Crippen LogP contribution in [0, 0.1) is 5.92 Å². The van der Waals surface area contributed by atoms with Crippen LogP contribution < -0.4 is 0 Å². The van der Waals surface area contributed by atoms with E-state index in [2.05, 4.69) is 4.98 Å².